The second kappa shape index (κ2) is 7.19. The van der Waals surface area contributed by atoms with E-state index in [2.05, 4.69) is 19.2 Å². The Morgan fingerprint density at radius 3 is 2.53 bits per heavy atom. The molecule has 1 N–H and O–H groups in total. The first-order chi connectivity index (χ1) is 8.97. The summed E-state index contributed by atoms with van der Waals surface area (Å²) >= 11 is 5.33. The van der Waals surface area contributed by atoms with E-state index in [-0.39, 0.29) is 0 Å². The second-order valence-electron chi connectivity index (χ2n) is 4.64. The average Bonchev–Trinajstić information content (AvgIpc) is 2.38. The maximum atomic E-state index is 5.38. The van der Waals surface area contributed by atoms with Crippen LogP contribution in [0.15, 0.2) is 18.2 Å². The van der Waals surface area contributed by atoms with Gasteiger partial charge in [-0.15, -0.1) is 0 Å². The lowest BCUT2D eigenvalue weighted by molar-refractivity contribution is 0.383. The Morgan fingerprint density at radius 2 is 2.00 bits per heavy atom. The third kappa shape index (κ3) is 4.59. The van der Waals surface area contributed by atoms with Crippen LogP contribution in [-0.4, -0.2) is 37.3 Å². The SMILES string of the molecule is COc1ccc(CN(C)C(=S)NC(C)C)c(OC)c1. The zero-order chi connectivity index (χ0) is 14.4. The molecule has 1 aromatic carbocycles. The van der Waals surface area contributed by atoms with Crippen molar-refractivity contribution in [1.82, 2.24) is 10.2 Å². The molecule has 0 unspecified atom stereocenters. The predicted molar refractivity (Wildman–Crippen MR) is 81.9 cm³/mol. The van der Waals surface area contributed by atoms with Gasteiger partial charge in [-0.1, -0.05) is 0 Å². The minimum atomic E-state index is 0.327. The number of hydrogen-bond acceptors (Lipinski definition) is 3. The van der Waals surface area contributed by atoms with Gasteiger partial charge >= 0.3 is 0 Å². The van der Waals surface area contributed by atoms with Crippen LogP contribution < -0.4 is 14.8 Å². The van der Waals surface area contributed by atoms with E-state index < -0.39 is 0 Å². The molecule has 0 saturated heterocycles. The molecule has 5 heteroatoms. The van der Waals surface area contributed by atoms with Crippen molar-refractivity contribution in [2.75, 3.05) is 21.3 Å². The minimum absolute atomic E-state index is 0.327. The Bertz CT molecular complexity index is 435. The Labute approximate surface area is 120 Å². The van der Waals surface area contributed by atoms with E-state index in [1.54, 1.807) is 14.2 Å². The zero-order valence-electron chi connectivity index (χ0n) is 12.2. The first kappa shape index (κ1) is 15.6. The second-order valence-corrected chi connectivity index (χ2v) is 5.02. The molecule has 0 atom stereocenters. The fourth-order valence-electron chi connectivity index (χ4n) is 1.67. The summed E-state index contributed by atoms with van der Waals surface area (Å²) in [5.41, 5.74) is 1.07. The molecule has 0 heterocycles. The highest BCUT2D eigenvalue weighted by Gasteiger charge is 2.10. The standard InChI is InChI=1S/C14H22N2O2S/c1-10(2)15-14(19)16(3)9-11-6-7-12(17-4)8-13(11)18-5/h6-8,10H,9H2,1-5H3,(H,15,19). The van der Waals surface area contributed by atoms with Gasteiger partial charge in [0.1, 0.15) is 11.5 Å². The lowest BCUT2D eigenvalue weighted by Crippen LogP contribution is -2.40. The molecule has 1 rings (SSSR count). The molecule has 0 aromatic heterocycles. The van der Waals surface area contributed by atoms with Crippen LogP contribution in [0.3, 0.4) is 0 Å². The number of ether oxygens (including phenoxy) is 2. The molecule has 0 aliphatic rings. The Balaban J connectivity index is 2.78. The maximum absolute atomic E-state index is 5.38. The van der Waals surface area contributed by atoms with E-state index >= 15 is 0 Å². The van der Waals surface area contributed by atoms with Gasteiger partial charge in [-0.25, -0.2) is 0 Å². The molecule has 0 saturated carbocycles. The minimum Gasteiger partial charge on any atom is -0.497 e. The number of nitrogens with zero attached hydrogens (tertiary/aromatic N) is 1. The summed E-state index contributed by atoms with van der Waals surface area (Å²) in [6.45, 7) is 4.81. The van der Waals surface area contributed by atoms with Gasteiger partial charge < -0.3 is 19.7 Å². The van der Waals surface area contributed by atoms with Crippen LogP contribution in [-0.2, 0) is 6.54 Å². The van der Waals surface area contributed by atoms with Gasteiger partial charge in [0.25, 0.3) is 0 Å². The van der Waals surface area contributed by atoms with Crippen LogP contribution in [0.4, 0.5) is 0 Å². The first-order valence-electron chi connectivity index (χ1n) is 6.20. The molecule has 0 aliphatic carbocycles. The number of rotatable bonds is 5. The maximum Gasteiger partial charge on any atom is 0.169 e. The van der Waals surface area contributed by atoms with Crippen molar-refractivity contribution in [3.63, 3.8) is 0 Å². The van der Waals surface area contributed by atoms with E-state index in [0.717, 1.165) is 22.2 Å². The zero-order valence-corrected chi connectivity index (χ0v) is 13.0. The van der Waals surface area contributed by atoms with Gasteiger partial charge in [0.15, 0.2) is 5.11 Å². The molecular formula is C14H22N2O2S. The van der Waals surface area contributed by atoms with Gasteiger partial charge in [-0.3, -0.25) is 0 Å². The molecule has 0 fully saturated rings. The summed E-state index contributed by atoms with van der Waals surface area (Å²) in [4.78, 5) is 1.99. The van der Waals surface area contributed by atoms with E-state index in [9.17, 15) is 0 Å². The molecule has 0 amide bonds. The number of thiocarbonyl (C=S) groups is 1. The number of benzene rings is 1. The van der Waals surface area contributed by atoms with E-state index in [0.29, 0.717) is 12.6 Å². The Hall–Kier alpha value is -1.49. The van der Waals surface area contributed by atoms with E-state index in [1.165, 1.54) is 0 Å². The summed E-state index contributed by atoms with van der Waals surface area (Å²) in [5.74, 6) is 1.59. The van der Waals surface area contributed by atoms with Crippen LogP contribution in [0.2, 0.25) is 0 Å². The molecule has 1 aromatic rings. The molecule has 0 aliphatic heterocycles. The van der Waals surface area contributed by atoms with Gasteiger partial charge in [0.2, 0.25) is 0 Å². The fraction of sp³-hybridized carbons (Fsp3) is 0.500. The third-order valence-electron chi connectivity index (χ3n) is 2.66. The van der Waals surface area contributed by atoms with Crippen LogP contribution in [0.1, 0.15) is 19.4 Å². The van der Waals surface area contributed by atoms with Crippen molar-refractivity contribution in [2.24, 2.45) is 0 Å². The van der Waals surface area contributed by atoms with Crippen LogP contribution >= 0.6 is 12.2 Å². The lowest BCUT2D eigenvalue weighted by Gasteiger charge is -2.23. The van der Waals surface area contributed by atoms with Gasteiger partial charge in [0.05, 0.1) is 14.2 Å². The van der Waals surface area contributed by atoms with Crippen molar-refractivity contribution in [3.8, 4) is 11.5 Å². The van der Waals surface area contributed by atoms with Crippen molar-refractivity contribution < 1.29 is 9.47 Å². The first-order valence-corrected chi connectivity index (χ1v) is 6.61. The van der Waals surface area contributed by atoms with Crippen LogP contribution in [0, 0.1) is 0 Å². The average molecular weight is 282 g/mol. The topological polar surface area (TPSA) is 33.7 Å². The van der Waals surface area contributed by atoms with E-state index in [4.69, 9.17) is 21.7 Å². The van der Waals surface area contributed by atoms with Crippen molar-refractivity contribution in [1.29, 1.82) is 0 Å². The summed E-state index contributed by atoms with van der Waals surface area (Å²) in [7, 11) is 5.26. The van der Waals surface area contributed by atoms with Crippen LogP contribution in [0.25, 0.3) is 0 Å². The molecule has 4 nitrogen and oxygen atoms in total. The fourth-order valence-corrected chi connectivity index (χ4v) is 1.97. The molecule has 0 spiro atoms. The normalized spacial score (nSPS) is 10.2. The molecule has 19 heavy (non-hydrogen) atoms. The monoisotopic (exact) mass is 282 g/mol. The lowest BCUT2D eigenvalue weighted by atomic mass is 10.2. The molecule has 106 valence electrons. The number of nitrogens with one attached hydrogen (secondary N) is 1. The Morgan fingerprint density at radius 1 is 1.32 bits per heavy atom. The van der Waals surface area contributed by atoms with Crippen molar-refractivity contribution in [3.05, 3.63) is 23.8 Å². The summed E-state index contributed by atoms with van der Waals surface area (Å²) in [6.07, 6.45) is 0. The van der Waals surface area contributed by atoms with Gasteiger partial charge in [0, 0.05) is 31.3 Å². The highest BCUT2D eigenvalue weighted by atomic mass is 32.1. The largest absolute Gasteiger partial charge is 0.497 e. The van der Waals surface area contributed by atoms with Gasteiger partial charge in [-0.05, 0) is 38.2 Å². The molecule has 0 bridgehead atoms. The molecular weight excluding hydrogens is 260 g/mol. The summed E-state index contributed by atoms with van der Waals surface area (Å²) < 4.78 is 10.6. The predicted octanol–water partition coefficient (Wildman–Crippen LogP) is 2.42. The highest BCUT2D eigenvalue weighted by Crippen LogP contribution is 2.25. The van der Waals surface area contributed by atoms with Crippen molar-refractivity contribution >= 4 is 17.3 Å². The van der Waals surface area contributed by atoms with E-state index in [1.807, 2.05) is 30.1 Å². The smallest absolute Gasteiger partial charge is 0.169 e. The Kier molecular flexibility index (Phi) is 5.89. The summed E-state index contributed by atoms with van der Waals surface area (Å²) in [5, 5.41) is 3.94. The quantitative estimate of drug-likeness (QED) is 0.839. The molecule has 0 radical (unpaired) electrons. The third-order valence-corrected chi connectivity index (χ3v) is 3.09. The number of methoxy groups -OCH3 is 2. The van der Waals surface area contributed by atoms with Gasteiger partial charge in [-0.2, -0.15) is 0 Å². The summed E-state index contributed by atoms with van der Waals surface area (Å²) in [6, 6.07) is 6.12. The number of hydrogen-bond donors (Lipinski definition) is 1. The highest BCUT2D eigenvalue weighted by molar-refractivity contribution is 7.80. The van der Waals surface area contributed by atoms with Crippen molar-refractivity contribution in [2.45, 2.75) is 26.4 Å². The van der Waals surface area contributed by atoms with Crippen LogP contribution in [0.5, 0.6) is 11.5 Å².